The number of methoxy groups -OCH3 is 1. The zero-order chi connectivity index (χ0) is 38.5. The van der Waals surface area contributed by atoms with Crippen molar-refractivity contribution in [3.63, 3.8) is 0 Å². The summed E-state index contributed by atoms with van der Waals surface area (Å²) < 4.78 is 13.0. The van der Waals surface area contributed by atoms with E-state index in [1.165, 1.54) is 26.4 Å². The standard InChI is InChI=1S/C40H44N6O4.ClHN4/c1-23-4-10-29(20-23)37-41-31-13-9-26(22-33(31)43-37)7-6-25-8-12-30-28(21-25)11-14-32-36(30)44-38(42-32)34-15-5-24(2)46(34)39(47)35(45-40(48)49-3)27-16-18-50-19-17-27;1-3-5-4-2/h8-9,11-14,21-24,27,29,34-35H,4-5,10,15-20H2,1-3H3,(H,41,43)(H,42,44)(H,45,48);2H/t23-,24-,29+,34-,35-;/m0./s1. The number of nitrogens with one attached hydrogen (secondary N) is 4. The lowest BCUT2D eigenvalue weighted by Gasteiger charge is -2.36. The third kappa shape index (κ3) is 8.33. The van der Waals surface area contributed by atoms with Crippen molar-refractivity contribution in [3.05, 3.63) is 71.3 Å². The number of alkyl carbamates (subject to hydrolysis) is 1. The van der Waals surface area contributed by atoms with Crippen molar-refractivity contribution in [2.75, 3.05) is 20.3 Å². The van der Waals surface area contributed by atoms with E-state index < -0.39 is 12.1 Å². The number of nitrogens with zero attached hydrogens (tertiary/aromatic N) is 6. The van der Waals surface area contributed by atoms with Crippen LogP contribution >= 0.6 is 11.8 Å². The molecule has 55 heavy (non-hydrogen) atoms. The van der Waals surface area contributed by atoms with Gasteiger partial charge in [0.05, 0.1) is 47.0 Å². The van der Waals surface area contributed by atoms with Crippen LogP contribution < -0.4 is 5.32 Å². The highest BCUT2D eigenvalue weighted by Crippen LogP contribution is 2.39. The fraction of sp³-hybridized carbons (Fsp3) is 0.450. The normalized spacial score (nSPS) is 22.0. The summed E-state index contributed by atoms with van der Waals surface area (Å²) in [5, 5.41) is 10.0. The van der Waals surface area contributed by atoms with Crippen molar-refractivity contribution in [3.8, 4) is 11.8 Å². The summed E-state index contributed by atoms with van der Waals surface area (Å²) in [6.07, 6.45) is 6.12. The van der Waals surface area contributed by atoms with Gasteiger partial charge in [0.1, 0.15) is 17.7 Å². The van der Waals surface area contributed by atoms with Gasteiger partial charge in [-0.05, 0) is 116 Å². The van der Waals surface area contributed by atoms with E-state index >= 15 is 0 Å². The van der Waals surface area contributed by atoms with Gasteiger partial charge in [-0.25, -0.2) is 14.8 Å². The number of aromatic amines is 2. The van der Waals surface area contributed by atoms with Gasteiger partial charge in [-0.3, -0.25) is 4.79 Å². The number of carbonyl (C=O) groups excluding carboxylic acids is 2. The fourth-order valence-corrected chi connectivity index (χ4v) is 8.41. The molecular weight excluding hydrogens is 720 g/mol. The highest BCUT2D eigenvalue weighted by atomic mass is 35.5. The van der Waals surface area contributed by atoms with Crippen LogP contribution in [0.2, 0.25) is 0 Å². The molecule has 2 amide bonds. The fourth-order valence-electron chi connectivity index (χ4n) is 8.37. The second-order valence-corrected chi connectivity index (χ2v) is 14.9. The van der Waals surface area contributed by atoms with Crippen LogP contribution in [-0.2, 0) is 14.3 Å². The van der Waals surface area contributed by atoms with Gasteiger partial charge in [-0.1, -0.05) is 35.5 Å². The first-order chi connectivity index (χ1) is 26.8. The molecule has 2 aromatic heterocycles. The minimum Gasteiger partial charge on any atom is -0.453 e. The average Bonchev–Trinajstić information content (AvgIpc) is 4.02. The molecule has 1 aliphatic carbocycles. The predicted molar refractivity (Wildman–Crippen MR) is 208 cm³/mol. The number of hydrogen-bond donors (Lipinski definition) is 4. The van der Waals surface area contributed by atoms with Crippen LogP contribution in [0.4, 0.5) is 4.79 Å². The Balaban J connectivity index is 0.000000875. The number of amides is 2. The van der Waals surface area contributed by atoms with Crippen LogP contribution in [0.25, 0.3) is 32.8 Å². The largest absolute Gasteiger partial charge is 0.453 e. The van der Waals surface area contributed by atoms with Crippen molar-refractivity contribution >= 4 is 56.6 Å². The Bertz CT molecular complexity index is 2290. The molecule has 3 fully saturated rings. The minimum absolute atomic E-state index is 0.00696. The van der Waals surface area contributed by atoms with Crippen LogP contribution in [0.1, 0.15) is 93.5 Å². The van der Waals surface area contributed by atoms with E-state index in [1.54, 1.807) is 0 Å². The Morgan fingerprint density at radius 2 is 1.73 bits per heavy atom. The molecule has 2 saturated heterocycles. The quantitative estimate of drug-likeness (QED) is 0.0761. The molecule has 2 aliphatic heterocycles. The number of rotatable bonds is 6. The van der Waals surface area contributed by atoms with Gasteiger partial charge in [0.25, 0.3) is 0 Å². The van der Waals surface area contributed by atoms with Gasteiger partial charge in [0.2, 0.25) is 5.91 Å². The van der Waals surface area contributed by atoms with Gasteiger partial charge in [0, 0.05) is 41.7 Å². The van der Waals surface area contributed by atoms with Crippen molar-refractivity contribution in [2.45, 2.75) is 82.8 Å². The molecule has 4 N–H and O–H groups in total. The molecule has 286 valence electrons. The molecule has 5 aromatic rings. The lowest BCUT2D eigenvalue weighted by molar-refractivity contribution is -0.138. The number of fused-ring (bicyclic) bond motifs is 4. The van der Waals surface area contributed by atoms with Crippen LogP contribution in [-0.4, -0.2) is 69.2 Å². The summed E-state index contributed by atoms with van der Waals surface area (Å²) in [5.74, 6) is 9.75. The number of benzene rings is 3. The first-order valence-electron chi connectivity index (χ1n) is 18.8. The van der Waals surface area contributed by atoms with Crippen molar-refractivity contribution < 1.29 is 19.1 Å². The maximum Gasteiger partial charge on any atom is 0.407 e. The van der Waals surface area contributed by atoms with Gasteiger partial charge >= 0.3 is 6.09 Å². The maximum absolute atomic E-state index is 14.2. The Hall–Kier alpha value is -5.39. The Morgan fingerprint density at radius 1 is 0.964 bits per heavy atom. The van der Waals surface area contributed by atoms with E-state index in [4.69, 9.17) is 25.0 Å². The highest BCUT2D eigenvalue weighted by Gasteiger charge is 2.43. The number of H-pyrrole nitrogens is 2. The molecular formula is C40H45ClN10O4. The second kappa shape index (κ2) is 17.0. The molecule has 0 unspecified atom stereocenters. The number of imidazole rings is 2. The maximum atomic E-state index is 14.2. The molecule has 4 heterocycles. The molecule has 3 aromatic carbocycles. The molecule has 0 radical (unpaired) electrons. The number of carbonyl (C=O) groups is 2. The van der Waals surface area contributed by atoms with E-state index in [2.05, 4.69) is 104 Å². The smallest absolute Gasteiger partial charge is 0.407 e. The van der Waals surface area contributed by atoms with Crippen molar-refractivity contribution in [1.82, 2.24) is 30.2 Å². The summed E-state index contributed by atoms with van der Waals surface area (Å²) in [6.45, 7) is 5.53. The molecule has 1 saturated carbocycles. The predicted octanol–water partition coefficient (Wildman–Crippen LogP) is 8.64. The minimum atomic E-state index is -0.682. The van der Waals surface area contributed by atoms with E-state index in [-0.39, 0.29) is 23.9 Å². The lowest BCUT2D eigenvalue weighted by atomic mass is 9.90. The zero-order valence-corrected chi connectivity index (χ0v) is 31.9. The molecule has 5 atom stereocenters. The lowest BCUT2D eigenvalue weighted by Crippen LogP contribution is -2.54. The van der Waals surface area contributed by atoms with Gasteiger partial charge in [-0.15, -0.1) is 0 Å². The van der Waals surface area contributed by atoms with E-state index in [9.17, 15) is 9.59 Å². The number of ether oxygens (including phenoxy) is 2. The molecule has 8 rings (SSSR count). The average molecular weight is 765 g/mol. The summed E-state index contributed by atoms with van der Waals surface area (Å²) in [7, 11) is 1.32. The van der Waals surface area contributed by atoms with Crippen LogP contribution in [0, 0.1) is 29.2 Å². The number of halogens is 1. The Kier molecular flexibility index (Phi) is 11.7. The Morgan fingerprint density at radius 3 is 2.44 bits per heavy atom. The summed E-state index contributed by atoms with van der Waals surface area (Å²) in [4.78, 5) is 45.5. The Labute approximate surface area is 323 Å². The molecule has 15 heteroatoms. The second-order valence-electron chi connectivity index (χ2n) is 14.8. The third-order valence-electron chi connectivity index (χ3n) is 11.2. The van der Waals surface area contributed by atoms with E-state index in [0.29, 0.717) is 32.0 Å². The van der Waals surface area contributed by atoms with Gasteiger partial charge in [0.15, 0.2) is 0 Å². The number of aromatic nitrogens is 4. The molecule has 0 bridgehead atoms. The van der Waals surface area contributed by atoms with Gasteiger partial charge < -0.3 is 29.7 Å². The molecule has 0 spiro atoms. The summed E-state index contributed by atoms with van der Waals surface area (Å²) in [6, 6.07) is 15.7. The number of hydrogen-bond acceptors (Lipinski definition) is 8. The molecule has 14 nitrogen and oxygen atoms in total. The first kappa shape index (κ1) is 37.9. The van der Waals surface area contributed by atoms with Crippen LogP contribution in [0.5, 0.6) is 0 Å². The van der Waals surface area contributed by atoms with Crippen LogP contribution in [0.3, 0.4) is 0 Å². The van der Waals surface area contributed by atoms with Crippen LogP contribution in [0.15, 0.2) is 63.6 Å². The SMILES string of the molecule is COC(=O)N[C@H](C(=O)N1[C@@H](C)CC[C@H]1c1nc2c(ccc3cc(C#Cc4ccc5nc([C@@H]6CC[C@H](C)C6)[nH]c5c4)ccc32)[nH]1)C1CCOCC1.N=NN=NCl. The third-order valence-corrected chi connectivity index (χ3v) is 11.3. The van der Waals surface area contributed by atoms with E-state index in [1.807, 2.05) is 17.0 Å². The topological polar surface area (TPSA) is 186 Å². The van der Waals surface area contributed by atoms with Gasteiger partial charge in [-0.2, -0.15) is 5.53 Å². The molecule has 3 aliphatic rings. The summed E-state index contributed by atoms with van der Waals surface area (Å²) >= 11 is 4.55. The van der Waals surface area contributed by atoms with Crippen molar-refractivity contribution in [1.29, 1.82) is 5.53 Å². The van der Waals surface area contributed by atoms with E-state index in [0.717, 1.165) is 74.4 Å². The first-order valence-corrected chi connectivity index (χ1v) is 19.2. The van der Waals surface area contributed by atoms with Crippen molar-refractivity contribution in [2.24, 2.45) is 26.9 Å². The zero-order valence-electron chi connectivity index (χ0n) is 31.1. The summed E-state index contributed by atoms with van der Waals surface area (Å²) in [5.41, 5.74) is 11.6. The number of likely N-dealkylation sites (tertiary alicyclic amines) is 1. The highest BCUT2D eigenvalue weighted by molar-refractivity contribution is 6.13. The monoisotopic (exact) mass is 764 g/mol.